The fourth-order valence-electron chi connectivity index (χ4n) is 5.14. The van der Waals surface area contributed by atoms with E-state index >= 15 is 0 Å². The van der Waals surface area contributed by atoms with Crippen LogP contribution in [-0.2, 0) is 16.6 Å². The van der Waals surface area contributed by atoms with Crippen molar-refractivity contribution in [3.63, 3.8) is 0 Å². The van der Waals surface area contributed by atoms with Crippen LogP contribution in [-0.4, -0.2) is 58.6 Å². The second-order valence-corrected chi connectivity index (χ2v) is 12.6. The van der Waals surface area contributed by atoms with Crippen LogP contribution in [0.4, 0.5) is 5.82 Å². The van der Waals surface area contributed by atoms with Gasteiger partial charge in [-0.1, -0.05) is 31.5 Å². The van der Waals surface area contributed by atoms with Crippen LogP contribution in [0.25, 0.3) is 22.6 Å². The summed E-state index contributed by atoms with van der Waals surface area (Å²) in [6.07, 6.45) is 4.80. The maximum Gasteiger partial charge on any atom is 0.214 e. The quantitative estimate of drug-likeness (QED) is 0.234. The van der Waals surface area contributed by atoms with Gasteiger partial charge in [0.15, 0.2) is 0 Å². The standard InChI is InChI=1S/C31H38N6O3S/c1-4-5-19-41(38,39)37-17-14-24(15-18-37)31-35-29(30(36-31)27-8-6-7-22(2)34-27)25-13-16-32-28(20-25)33-21-23-9-11-26(40-3)12-10-23/h6-13,16,20,24H,4-5,14-15,17-19,21H2,1-3H3,(H,32,33)(H,35,36). The Labute approximate surface area is 242 Å². The number of anilines is 1. The van der Waals surface area contributed by atoms with E-state index in [1.54, 1.807) is 17.6 Å². The molecule has 3 aromatic heterocycles. The number of rotatable bonds is 11. The van der Waals surface area contributed by atoms with Crippen molar-refractivity contribution in [1.29, 1.82) is 0 Å². The molecule has 0 spiro atoms. The van der Waals surface area contributed by atoms with E-state index in [0.29, 0.717) is 26.1 Å². The van der Waals surface area contributed by atoms with E-state index in [1.165, 1.54) is 0 Å². The van der Waals surface area contributed by atoms with Gasteiger partial charge in [0.25, 0.3) is 0 Å². The van der Waals surface area contributed by atoms with Gasteiger partial charge in [-0.3, -0.25) is 4.98 Å². The number of sulfonamides is 1. The van der Waals surface area contributed by atoms with Gasteiger partial charge in [-0.2, -0.15) is 0 Å². The van der Waals surface area contributed by atoms with Gasteiger partial charge in [-0.05, 0) is 68.1 Å². The first-order valence-electron chi connectivity index (χ1n) is 14.2. The van der Waals surface area contributed by atoms with E-state index in [1.807, 2.05) is 68.4 Å². The Kier molecular flexibility index (Phi) is 8.99. The molecule has 0 aliphatic carbocycles. The van der Waals surface area contributed by atoms with Gasteiger partial charge in [0, 0.05) is 43.0 Å². The Hall–Kier alpha value is -3.76. The molecule has 2 N–H and O–H groups in total. The number of nitrogens with zero attached hydrogens (tertiary/aromatic N) is 4. The molecule has 0 saturated carbocycles. The minimum atomic E-state index is -3.21. The summed E-state index contributed by atoms with van der Waals surface area (Å²) >= 11 is 0. The lowest BCUT2D eigenvalue weighted by Gasteiger charge is -2.30. The molecule has 5 rings (SSSR count). The number of unbranched alkanes of at least 4 members (excludes halogenated alkanes) is 1. The van der Waals surface area contributed by atoms with Crippen LogP contribution in [0.15, 0.2) is 60.8 Å². The fraction of sp³-hybridized carbons (Fsp3) is 0.387. The van der Waals surface area contributed by atoms with Gasteiger partial charge in [0.1, 0.15) is 17.4 Å². The molecule has 0 unspecified atom stereocenters. The highest BCUT2D eigenvalue weighted by Gasteiger charge is 2.30. The molecule has 10 heteroatoms. The molecule has 41 heavy (non-hydrogen) atoms. The maximum atomic E-state index is 12.7. The average molecular weight is 575 g/mol. The monoisotopic (exact) mass is 574 g/mol. The minimum absolute atomic E-state index is 0.138. The zero-order valence-corrected chi connectivity index (χ0v) is 24.7. The summed E-state index contributed by atoms with van der Waals surface area (Å²) in [6, 6.07) is 17.9. The zero-order chi connectivity index (χ0) is 28.8. The van der Waals surface area contributed by atoms with Crippen molar-refractivity contribution in [3.8, 4) is 28.4 Å². The zero-order valence-electron chi connectivity index (χ0n) is 23.9. The molecule has 1 aromatic carbocycles. The molecule has 0 amide bonds. The van der Waals surface area contributed by atoms with Crippen molar-refractivity contribution in [3.05, 3.63) is 77.9 Å². The molecule has 9 nitrogen and oxygen atoms in total. The third kappa shape index (κ3) is 6.94. The van der Waals surface area contributed by atoms with E-state index < -0.39 is 10.0 Å². The Balaban J connectivity index is 1.39. The second kappa shape index (κ2) is 12.8. The van der Waals surface area contributed by atoms with E-state index in [2.05, 4.69) is 15.3 Å². The van der Waals surface area contributed by atoms with Gasteiger partial charge in [0.2, 0.25) is 10.0 Å². The Bertz CT molecular complexity index is 1560. The highest BCUT2D eigenvalue weighted by atomic mass is 32.2. The molecule has 4 heterocycles. The van der Waals surface area contributed by atoms with E-state index in [-0.39, 0.29) is 11.7 Å². The molecular formula is C31H38N6O3S. The van der Waals surface area contributed by atoms with Gasteiger partial charge >= 0.3 is 0 Å². The van der Waals surface area contributed by atoms with Crippen LogP contribution in [0, 0.1) is 6.92 Å². The number of hydrogen-bond acceptors (Lipinski definition) is 7. The molecule has 0 bridgehead atoms. The first kappa shape index (κ1) is 28.8. The van der Waals surface area contributed by atoms with Crippen molar-refractivity contribution in [2.75, 3.05) is 31.3 Å². The number of methoxy groups -OCH3 is 1. The van der Waals surface area contributed by atoms with Gasteiger partial charge in [-0.25, -0.2) is 22.7 Å². The number of aromatic nitrogens is 4. The predicted molar refractivity (Wildman–Crippen MR) is 162 cm³/mol. The first-order chi connectivity index (χ1) is 19.9. The Morgan fingerprint density at radius 3 is 2.56 bits per heavy atom. The smallest absolute Gasteiger partial charge is 0.214 e. The largest absolute Gasteiger partial charge is 0.497 e. The van der Waals surface area contributed by atoms with Crippen LogP contribution >= 0.6 is 0 Å². The van der Waals surface area contributed by atoms with Crippen LogP contribution in [0.5, 0.6) is 5.75 Å². The van der Waals surface area contributed by atoms with Crippen molar-refractivity contribution < 1.29 is 13.2 Å². The summed E-state index contributed by atoms with van der Waals surface area (Å²) in [5.41, 5.74) is 5.46. The van der Waals surface area contributed by atoms with Crippen LogP contribution < -0.4 is 10.1 Å². The second-order valence-electron chi connectivity index (χ2n) is 10.5. The average Bonchev–Trinajstić information content (AvgIpc) is 3.45. The molecule has 216 valence electrons. The van der Waals surface area contributed by atoms with Crippen molar-refractivity contribution in [2.45, 2.75) is 52.0 Å². The molecular weight excluding hydrogens is 536 g/mol. The number of nitrogens with one attached hydrogen (secondary N) is 2. The van der Waals surface area contributed by atoms with Crippen LogP contribution in [0.3, 0.4) is 0 Å². The number of piperidine rings is 1. The molecule has 1 aliphatic heterocycles. The topological polar surface area (TPSA) is 113 Å². The highest BCUT2D eigenvalue weighted by Crippen LogP contribution is 2.35. The summed E-state index contributed by atoms with van der Waals surface area (Å²) in [5, 5.41) is 3.41. The van der Waals surface area contributed by atoms with Gasteiger partial charge in [0.05, 0.1) is 29.9 Å². The van der Waals surface area contributed by atoms with Gasteiger partial charge < -0.3 is 15.0 Å². The molecule has 1 aliphatic rings. The van der Waals surface area contributed by atoms with Crippen LogP contribution in [0.2, 0.25) is 0 Å². The van der Waals surface area contributed by atoms with Crippen LogP contribution in [0.1, 0.15) is 55.6 Å². The molecule has 0 atom stereocenters. The normalized spacial score (nSPS) is 14.7. The number of benzene rings is 1. The summed E-state index contributed by atoms with van der Waals surface area (Å²) in [4.78, 5) is 18.0. The third-order valence-electron chi connectivity index (χ3n) is 7.52. The van der Waals surface area contributed by atoms with E-state index in [9.17, 15) is 8.42 Å². The predicted octanol–water partition coefficient (Wildman–Crippen LogP) is 5.77. The van der Waals surface area contributed by atoms with Gasteiger partial charge in [-0.15, -0.1) is 0 Å². The summed E-state index contributed by atoms with van der Waals surface area (Å²) in [5.74, 6) is 2.80. The highest BCUT2D eigenvalue weighted by molar-refractivity contribution is 7.89. The van der Waals surface area contributed by atoms with Crippen molar-refractivity contribution >= 4 is 15.8 Å². The first-order valence-corrected chi connectivity index (χ1v) is 15.8. The number of ether oxygens (including phenoxy) is 1. The lowest BCUT2D eigenvalue weighted by atomic mass is 9.97. The Morgan fingerprint density at radius 1 is 1.07 bits per heavy atom. The SMILES string of the molecule is CCCCS(=O)(=O)N1CCC(c2nc(-c3ccnc(NCc4ccc(OC)cc4)c3)c(-c3cccc(C)n3)[nH]2)CC1. The lowest BCUT2D eigenvalue weighted by Crippen LogP contribution is -2.39. The number of imidazole rings is 1. The third-order valence-corrected chi connectivity index (χ3v) is 9.48. The van der Waals surface area contributed by atoms with E-state index in [0.717, 1.165) is 70.6 Å². The summed E-state index contributed by atoms with van der Waals surface area (Å²) in [7, 11) is -1.55. The Morgan fingerprint density at radius 2 is 1.85 bits per heavy atom. The number of aryl methyl sites for hydroxylation is 1. The number of aromatic amines is 1. The van der Waals surface area contributed by atoms with Crippen molar-refractivity contribution in [2.24, 2.45) is 0 Å². The van der Waals surface area contributed by atoms with E-state index in [4.69, 9.17) is 14.7 Å². The number of H-pyrrole nitrogens is 1. The molecule has 4 aromatic rings. The summed E-state index contributed by atoms with van der Waals surface area (Å²) < 4.78 is 32.4. The minimum Gasteiger partial charge on any atom is -0.497 e. The molecule has 1 saturated heterocycles. The maximum absolute atomic E-state index is 12.7. The lowest BCUT2D eigenvalue weighted by molar-refractivity contribution is 0.314. The number of hydrogen-bond donors (Lipinski definition) is 2. The van der Waals surface area contributed by atoms with Crippen molar-refractivity contribution in [1.82, 2.24) is 24.2 Å². The number of pyridine rings is 2. The fourth-order valence-corrected chi connectivity index (χ4v) is 6.81. The molecule has 1 fully saturated rings. The molecule has 0 radical (unpaired) electrons. The summed E-state index contributed by atoms with van der Waals surface area (Å²) in [6.45, 7) is 5.64.